The molecule has 0 bridgehead atoms. The first-order valence-corrected chi connectivity index (χ1v) is 7.95. The van der Waals surface area contributed by atoms with Crippen LogP contribution in [-0.2, 0) is 28.5 Å². The molecule has 1 aromatic rings. The lowest BCUT2D eigenvalue weighted by atomic mass is 10.1. The molecule has 2 rings (SSSR count). The zero-order valence-electron chi connectivity index (χ0n) is 15.1. The number of rotatable bonds is 5. The third-order valence-electron chi connectivity index (χ3n) is 3.57. The van der Waals surface area contributed by atoms with E-state index < -0.39 is 17.9 Å². The Balaban J connectivity index is 2.47. The number of methoxy groups -OCH3 is 2. The van der Waals surface area contributed by atoms with Crippen LogP contribution < -0.4 is 4.90 Å². The molecule has 8 heteroatoms. The van der Waals surface area contributed by atoms with Gasteiger partial charge in [-0.2, -0.15) is 0 Å². The summed E-state index contributed by atoms with van der Waals surface area (Å²) in [5.74, 6) is -1.88. The summed E-state index contributed by atoms with van der Waals surface area (Å²) in [6, 6.07) is 6.48. The second kappa shape index (κ2) is 8.48. The van der Waals surface area contributed by atoms with Crippen molar-refractivity contribution in [1.29, 1.82) is 0 Å². The van der Waals surface area contributed by atoms with Crippen LogP contribution in [-0.4, -0.2) is 51.6 Å². The Morgan fingerprint density at radius 3 is 2.38 bits per heavy atom. The normalized spacial score (nSPS) is 14.3. The smallest absolute Gasteiger partial charge is 0.355 e. The van der Waals surface area contributed by atoms with E-state index in [1.807, 2.05) is 0 Å². The van der Waals surface area contributed by atoms with Crippen molar-refractivity contribution in [2.24, 2.45) is 0 Å². The molecule has 140 valence electrons. The quantitative estimate of drug-likeness (QED) is 0.576. The Morgan fingerprint density at radius 2 is 1.77 bits per heavy atom. The molecule has 0 atom stereocenters. The van der Waals surface area contributed by atoms with Gasteiger partial charge in [0.1, 0.15) is 12.4 Å². The van der Waals surface area contributed by atoms with Gasteiger partial charge in [-0.05, 0) is 32.0 Å². The van der Waals surface area contributed by atoms with E-state index >= 15 is 0 Å². The third-order valence-corrected chi connectivity index (χ3v) is 3.57. The third kappa shape index (κ3) is 4.20. The monoisotopic (exact) mass is 363 g/mol. The maximum absolute atomic E-state index is 12.3. The highest BCUT2D eigenvalue weighted by Gasteiger charge is 2.32. The second-order valence-corrected chi connectivity index (χ2v) is 5.72. The van der Waals surface area contributed by atoms with Gasteiger partial charge >= 0.3 is 17.9 Å². The second-order valence-electron chi connectivity index (χ2n) is 5.72. The number of carbonyl (C=O) groups is 3. The van der Waals surface area contributed by atoms with E-state index in [0.29, 0.717) is 11.3 Å². The van der Waals surface area contributed by atoms with E-state index in [9.17, 15) is 14.4 Å². The van der Waals surface area contributed by atoms with Crippen LogP contribution in [0.1, 0.15) is 24.2 Å². The molecule has 0 spiro atoms. The minimum atomic E-state index is -0.705. The van der Waals surface area contributed by atoms with Gasteiger partial charge in [0.15, 0.2) is 0 Å². The first-order chi connectivity index (χ1) is 12.4. The fourth-order valence-electron chi connectivity index (χ4n) is 2.43. The summed E-state index contributed by atoms with van der Waals surface area (Å²) in [6.07, 6.45) is -0.263. The average molecular weight is 363 g/mol. The van der Waals surface area contributed by atoms with Gasteiger partial charge in [-0.25, -0.2) is 14.4 Å². The number of esters is 3. The summed E-state index contributed by atoms with van der Waals surface area (Å²) in [4.78, 5) is 37.9. The van der Waals surface area contributed by atoms with Crippen LogP contribution in [0.4, 0.5) is 5.69 Å². The van der Waals surface area contributed by atoms with Crippen molar-refractivity contribution in [2.75, 3.05) is 32.5 Å². The fourth-order valence-corrected chi connectivity index (χ4v) is 2.43. The van der Waals surface area contributed by atoms with Crippen molar-refractivity contribution in [2.45, 2.75) is 20.0 Å². The van der Waals surface area contributed by atoms with Crippen LogP contribution in [0.25, 0.3) is 0 Å². The molecule has 26 heavy (non-hydrogen) atoms. The van der Waals surface area contributed by atoms with E-state index in [4.69, 9.17) is 18.9 Å². The minimum Gasteiger partial charge on any atom is -0.466 e. The van der Waals surface area contributed by atoms with Gasteiger partial charge < -0.3 is 23.8 Å². The Labute approximate surface area is 151 Å². The summed E-state index contributed by atoms with van der Waals surface area (Å²) >= 11 is 0. The van der Waals surface area contributed by atoms with E-state index in [1.165, 1.54) is 19.1 Å². The number of ether oxygens (including phenoxy) is 4. The largest absolute Gasteiger partial charge is 0.466 e. The van der Waals surface area contributed by atoms with Gasteiger partial charge in [0.25, 0.3) is 0 Å². The number of hydrogen-bond acceptors (Lipinski definition) is 8. The van der Waals surface area contributed by atoms with E-state index in [2.05, 4.69) is 0 Å². The lowest BCUT2D eigenvalue weighted by molar-refractivity contribution is -0.140. The molecule has 0 fully saturated rings. The lowest BCUT2D eigenvalue weighted by Crippen LogP contribution is -2.38. The van der Waals surface area contributed by atoms with Crippen molar-refractivity contribution in [3.05, 3.63) is 41.1 Å². The summed E-state index contributed by atoms with van der Waals surface area (Å²) < 4.78 is 20.1. The van der Waals surface area contributed by atoms with Crippen LogP contribution in [0.2, 0.25) is 0 Å². The van der Waals surface area contributed by atoms with Crippen LogP contribution in [0, 0.1) is 0 Å². The number of hydrogen-bond donors (Lipinski definition) is 0. The molecule has 1 aliphatic heterocycles. The molecule has 1 aliphatic rings. The highest BCUT2D eigenvalue weighted by molar-refractivity contribution is 6.03. The van der Waals surface area contributed by atoms with Crippen LogP contribution >= 0.6 is 0 Å². The number of nitrogens with zero attached hydrogens (tertiary/aromatic N) is 1. The summed E-state index contributed by atoms with van der Waals surface area (Å²) in [5, 5.41) is 0. The Hall–Kier alpha value is -2.87. The van der Waals surface area contributed by atoms with E-state index in [-0.39, 0.29) is 30.7 Å². The molecule has 0 saturated heterocycles. The number of anilines is 1. The van der Waals surface area contributed by atoms with Crippen molar-refractivity contribution >= 4 is 23.6 Å². The van der Waals surface area contributed by atoms with Crippen molar-refractivity contribution in [3.8, 4) is 0 Å². The summed E-state index contributed by atoms with van der Waals surface area (Å²) in [7, 11) is 2.43. The lowest BCUT2D eigenvalue weighted by Gasteiger charge is -2.31. The molecular weight excluding hydrogens is 342 g/mol. The first kappa shape index (κ1) is 19.5. The zero-order chi connectivity index (χ0) is 19.3. The highest BCUT2D eigenvalue weighted by atomic mass is 16.5. The Kier molecular flexibility index (Phi) is 6.35. The van der Waals surface area contributed by atoms with Crippen molar-refractivity contribution < 1.29 is 33.3 Å². The fraction of sp³-hybridized carbons (Fsp3) is 0.389. The molecule has 0 aromatic heterocycles. The van der Waals surface area contributed by atoms with Gasteiger partial charge in [-0.15, -0.1) is 0 Å². The summed E-state index contributed by atoms with van der Waals surface area (Å²) in [5.41, 5.74) is 0.844. The van der Waals surface area contributed by atoms with Gasteiger partial charge in [-0.1, -0.05) is 6.07 Å². The van der Waals surface area contributed by atoms with Crippen LogP contribution in [0.15, 0.2) is 35.5 Å². The topological polar surface area (TPSA) is 91.4 Å². The van der Waals surface area contributed by atoms with Crippen LogP contribution in [0.5, 0.6) is 0 Å². The molecule has 0 unspecified atom stereocenters. The number of benzene rings is 1. The summed E-state index contributed by atoms with van der Waals surface area (Å²) in [6.45, 7) is 3.43. The molecule has 1 heterocycles. The van der Waals surface area contributed by atoms with E-state index in [0.717, 1.165) is 0 Å². The average Bonchev–Trinajstić information content (AvgIpc) is 2.65. The van der Waals surface area contributed by atoms with Gasteiger partial charge in [0.2, 0.25) is 0 Å². The Morgan fingerprint density at radius 1 is 1.08 bits per heavy atom. The zero-order valence-corrected chi connectivity index (χ0v) is 15.1. The standard InChI is InChI=1S/C18H21NO7/c1-11(2)26-16(20)12-6-5-7-13(8-12)19-10-25-9-14(17(21)23-3)15(19)18(22)24-4/h5-8,11H,9-10H2,1-4H3. The van der Waals surface area contributed by atoms with Crippen LogP contribution in [0.3, 0.4) is 0 Å². The van der Waals surface area contributed by atoms with Crippen molar-refractivity contribution in [3.63, 3.8) is 0 Å². The minimum absolute atomic E-state index is 0.00755. The molecule has 0 N–H and O–H groups in total. The molecule has 0 radical (unpaired) electrons. The molecule has 0 saturated carbocycles. The molecular formula is C18H21NO7. The predicted molar refractivity (Wildman–Crippen MR) is 91.3 cm³/mol. The van der Waals surface area contributed by atoms with Gasteiger partial charge in [-0.3, -0.25) is 0 Å². The molecule has 0 aliphatic carbocycles. The molecule has 1 aromatic carbocycles. The molecule has 8 nitrogen and oxygen atoms in total. The maximum Gasteiger partial charge on any atom is 0.355 e. The van der Waals surface area contributed by atoms with Crippen molar-refractivity contribution in [1.82, 2.24) is 0 Å². The maximum atomic E-state index is 12.3. The van der Waals surface area contributed by atoms with E-state index in [1.54, 1.807) is 38.1 Å². The Bertz CT molecular complexity index is 739. The number of carbonyl (C=O) groups excluding carboxylic acids is 3. The highest BCUT2D eigenvalue weighted by Crippen LogP contribution is 2.27. The van der Waals surface area contributed by atoms with Gasteiger partial charge in [0.05, 0.1) is 38.1 Å². The predicted octanol–water partition coefficient (Wildman–Crippen LogP) is 1.65. The first-order valence-electron chi connectivity index (χ1n) is 7.95. The molecule has 0 amide bonds. The van der Waals surface area contributed by atoms with Gasteiger partial charge in [0, 0.05) is 5.69 Å². The SMILES string of the molecule is COC(=O)C1=C(C(=O)OC)N(c2cccc(C(=O)OC(C)C)c2)COC1.